The van der Waals surface area contributed by atoms with Gasteiger partial charge in [-0.05, 0) is 24.3 Å². The molecule has 0 atom stereocenters. The fourth-order valence-electron chi connectivity index (χ4n) is 1.49. The number of nitrogens with zero attached hydrogens (tertiary/aromatic N) is 1. The smallest absolute Gasteiger partial charge is 0.240 e. The number of carbonyl (C=O) groups excluding carboxylic acids is 2. The van der Waals surface area contributed by atoms with E-state index in [9.17, 15) is 9.59 Å². The zero-order chi connectivity index (χ0) is 12.1. The van der Waals surface area contributed by atoms with Crippen LogP contribution in [0.3, 0.4) is 0 Å². The first-order chi connectivity index (χ1) is 8.29. The van der Waals surface area contributed by atoms with Crippen molar-refractivity contribution in [3.63, 3.8) is 0 Å². The maximum atomic E-state index is 11.6. The van der Waals surface area contributed by atoms with Crippen molar-refractivity contribution in [2.75, 3.05) is 0 Å². The van der Waals surface area contributed by atoms with Crippen molar-refractivity contribution in [3.05, 3.63) is 48.2 Å². The minimum Gasteiger partial charge on any atom is -0.467 e. The Morgan fingerprint density at radius 2 is 2.29 bits per heavy atom. The number of nitrogens with one attached hydrogen (secondary N) is 1. The van der Waals surface area contributed by atoms with Gasteiger partial charge in [-0.2, -0.15) is 0 Å². The van der Waals surface area contributed by atoms with E-state index in [1.165, 1.54) is 0 Å². The molecule has 0 spiro atoms. The summed E-state index contributed by atoms with van der Waals surface area (Å²) in [6, 6.07) is 6.93. The molecule has 5 nitrogen and oxygen atoms in total. The number of rotatable bonds is 5. The van der Waals surface area contributed by atoms with Gasteiger partial charge in [-0.15, -0.1) is 0 Å². The van der Waals surface area contributed by atoms with Gasteiger partial charge in [0.25, 0.3) is 0 Å². The van der Waals surface area contributed by atoms with Crippen LogP contribution in [-0.4, -0.2) is 16.8 Å². The predicted octanol–water partition coefficient (Wildman–Crippen LogP) is 1.21. The Labute approximate surface area is 98.0 Å². The molecule has 0 aliphatic heterocycles. The molecule has 0 aliphatic rings. The molecule has 88 valence electrons. The molecule has 2 rings (SSSR count). The van der Waals surface area contributed by atoms with E-state index in [-0.39, 0.29) is 12.5 Å². The van der Waals surface area contributed by atoms with Crippen LogP contribution in [0.5, 0.6) is 0 Å². The van der Waals surface area contributed by atoms with Gasteiger partial charge in [0.1, 0.15) is 12.3 Å². The van der Waals surface area contributed by atoms with Crippen molar-refractivity contribution >= 4 is 12.2 Å². The second-order valence-electron chi connectivity index (χ2n) is 3.53. The average Bonchev–Trinajstić information content (AvgIpc) is 2.97. The highest BCUT2D eigenvalue weighted by Crippen LogP contribution is 2.00. The van der Waals surface area contributed by atoms with Gasteiger partial charge in [0.05, 0.1) is 18.5 Å². The van der Waals surface area contributed by atoms with Crippen molar-refractivity contribution in [2.24, 2.45) is 0 Å². The number of amides is 1. The second kappa shape index (κ2) is 5.16. The third-order valence-corrected chi connectivity index (χ3v) is 2.34. The molecule has 0 aliphatic carbocycles. The SMILES string of the molecule is O=Cc1cccn1CC(=O)NCc1ccco1. The van der Waals surface area contributed by atoms with Crippen LogP contribution in [0.1, 0.15) is 16.2 Å². The molecular weight excluding hydrogens is 220 g/mol. The lowest BCUT2D eigenvalue weighted by Crippen LogP contribution is -2.27. The topological polar surface area (TPSA) is 64.2 Å². The van der Waals surface area contributed by atoms with Crippen molar-refractivity contribution in [1.29, 1.82) is 0 Å². The lowest BCUT2D eigenvalue weighted by atomic mass is 10.4. The van der Waals surface area contributed by atoms with Gasteiger partial charge in [-0.3, -0.25) is 9.59 Å². The van der Waals surface area contributed by atoms with E-state index in [0.29, 0.717) is 18.0 Å². The molecule has 2 aromatic heterocycles. The second-order valence-corrected chi connectivity index (χ2v) is 3.53. The van der Waals surface area contributed by atoms with E-state index < -0.39 is 0 Å². The summed E-state index contributed by atoms with van der Waals surface area (Å²) in [4.78, 5) is 22.2. The summed E-state index contributed by atoms with van der Waals surface area (Å²) < 4.78 is 6.67. The van der Waals surface area contributed by atoms with Crippen molar-refractivity contribution in [2.45, 2.75) is 13.1 Å². The molecular formula is C12H12N2O3. The van der Waals surface area contributed by atoms with Crippen molar-refractivity contribution in [3.8, 4) is 0 Å². The third kappa shape index (κ3) is 2.84. The molecule has 0 bridgehead atoms. The van der Waals surface area contributed by atoms with Gasteiger partial charge >= 0.3 is 0 Å². The minimum atomic E-state index is -0.166. The predicted molar refractivity (Wildman–Crippen MR) is 60.4 cm³/mol. The van der Waals surface area contributed by atoms with Gasteiger partial charge in [0.15, 0.2) is 6.29 Å². The van der Waals surface area contributed by atoms with Crippen LogP contribution in [-0.2, 0) is 17.9 Å². The Bertz CT molecular complexity index is 500. The molecule has 0 fully saturated rings. The van der Waals surface area contributed by atoms with E-state index in [0.717, 1.165) is 6.29 Å². The molecule has 0 unspecified atom stereocenters. The van der Waals surface area contributed by atoms with Gasteiger partial charge in [0, 0.05) is 6.20 Å². The molecule has 1 N–H and O–H groups in total. The van der Waals surface area contributed by atoms with Crippen LogP contribution in [0.4, 0.5) is 0 Å². The highest BCUT2D eigenvalue weighted by Gasteiger charge is 2.06. The summed E-state index contributed by atoms with van der Waals surface area (Å²) in [7, 11) is 0. The Morgan fingerprint density at radius 3 is 3.00 bits per heavy atom. The highest BCUT2D eigenvalue weighted by atomic mass is 16.3. The Kier molecular flexibility index (Phi) is 3.40. The first-order valence-electron chi connectivity index (χ1n) is 5.19. The van der Waals surface area contributed by atoms with E-state index in [1.54, 1.807) is 41.3 Å². The summed E-state index contributed by atoms with van der Waals surface area (Å²) in [5.74, 6) is 0.530. The molecule has 17 heavy (non-hydrogen) atoms. The monoisotopic (exact) mass is 232 g/mol. The molecule has 2 aromatic rings. The van der Waals surface area contributed by atoms with E-state index in [1.807, 2.05) is 0 Å². The molecule has 0 aromatic carbocycles. The highest BCUT2D eigenvalue weighted by molar-refractivity contribution is 5.78. The summed E-state index contributed by atoms with van der Waals surface area (Å²) in [5.41, 5.74) is 0.484. The van der Waals surface area contributed by atoms with Gasteiger partial charge < -0.3 is 14.3 Å². The number of aldehydes is 1. The minimum absolute atomic E-state index is 0.127. The number of hydrogen-bond acceptors (Lipinski definition) is 3. The fourth-order valence-corrected chi connectivity index (χ4v) is 1.49. The Morgan fingerprint density at radius 1 is 1.41 bits per heavy atom. The standard InChI is InChI=1S/C12H12N2O3/c15-9-10-3-1-5-14(10)8-12(16)13-7-11-4-2-6-17-11/h1-6,9H,7-8H2,(H,13,16). The maximum Gasteiger partial charge on any atom is 0.240 e. The van der Waals surface area contributed by atoms with Crippen LogP contribution >= 0.6 is 0 Å². The molecule has 5 heteroatoms. The van der Waals surface area contributed by atoms with Crippen LogP contribution < -0.4 is 5.32 Å². The molecule has 0 saturated heterocycles. The zero-order valence-electron chi connectivity index (χ0n) is 9.13. The number of furan rings is 1. The molecule has 1 amide bonds. The van der Waals surface area contributed by atoms with Crippen LogP contribution in [0.25, 0.3) is 0 Å². The summed E-state index contributed by atoms with van der Waals surface area (Å²) >= 11 is 0. The van der Waals surface area contributed by atoms with Crippen LogP contribution in [0.15, 0.2) is 41.1 Å². The molecule has 0 radical (unpaired) electrons. The normalized spacial score (nSPS) is 10.1. The Hall–Kier alpha value is -2.30. The Balaban J connectivity index is 1.87. The van der Waals surface area contributed by atoms with Crippen molar-refractivity contribution in [1.82, 2.24) is 9.88 Å². The lowest BCUT2D eigenvalue weighted by Gasteiger charge is -2.05. The number of hydrogen-bond donors (Lipinski definition) is 1. The van der Waals surface area contributed by atoms with Crippen LogP contribution in [0.2, 0.25) is 0 Å². The maximum absolute atomic E-state index is 11.6. The molecule has 2 heterocycles. The van der Waals surface area contributed by atoms with Crippen LogP contribution in [0, 0.1) is 0 Å². The van der Waals surface area contributed by atoms with E-state index in [4.69, 9.17) is 4.42 Å². The van der Waals surface area contributed by atoms with E-state index >= 15 is 0 Å². The van der Waals surface area contributed by atoms with E-state index in [2.05, 4.69) is 5.32 Å². The zero-order valence-corrected chi connectivity index (χ0v) is 9.13. The first-order valence-corrected chi connectivity index (χ1v) is 5.19. The number of aromatic nitrogens is 1. The largest absolute Gasteiger partial charge is 0.467 e. The lowest BCUT2D eigenvalue weighted by molar-refractivity contribution is -0.121. The summed E-state index contributed by atoms with van der Waals surface area (Å²) in [6.07, 6.45) is 3.97. The molecule has 0 saturated carbocycles. The van der Waals surface area contributed by atoms with Gasteiger partial charge in [0.2, 0.25) is 5.91 Å². The third-order valence-electron chi connectivity index (χ3n) is 2.34. The summed E-state index contributed by atoms with van der Waals surface area (Å²) in [5, 5.41) is 2.71. The van der Waals surface area contributed by atoms with Gasteiger partial charge in [-0.25, -0.2) is 0 Å². The van der Waals surface area contributed by atoms with Gasteiger partial charge in [-0.1, -0.05) is 0 Å². The first kappa shape index (κ1) is 11.2. The summed E-state index contributed by atoms with van der Waals surface area (Å²) in [6.45, 7) is 0.477. The van der Waals surface area contributed by atoms with Crippen molar-refractivity contribution < 1.29 is 14.0 Å². The quantitative estimate of drug-likeness (QED) is 0.788. The fraction of sp³-hybridized carbons (Fsp3) is 0.167. The number of carbonyl (C=O) groups is 2. The average molecular weight is 232 g/mol.